The second-order valence-electron chi connectivity index (χ2n) is 4.47. The summed E-state index contributed by atoms with van der Waals surface area (Å²) >= 11 is 0. The van der Waals surface area contributed by atoms with Crippen molar-refractivity contribution in [3.63, 3.8) is 0 Å². The predicted octanol–water partition coefficient (Wildman–Crippen LogP) is 2.56. The van der Waals surface area contributed by atoms with Crippen LogP contribution in [0.25, 0.3) is 11.1 Å². The van der Waals surface area contributed by atoms with E-state index in [-0.39, 0.29) is 6.54 Å². The lowest BCUT2D eigenvalue weighted by molar-refractivity contribution is -0.137. The van der Waals surface area contributed by atoms with Crippen LogP contribution in [0.15, 0.2) is 24.4 Å². The van der Waals surface area contributed by atoms with E-state index in [2.05, 4.69) is 25.0 Å². The van der Waals surface area contributed by atoms with Gasteiger partial charge in [0.15, 0.2) is 0 Å². The lowest BCUT2D eigenvalue weighted by Gasteiger charge is -2.06. The molecule has 18 heavy (non-hydrogen) atoms. The van der Waals surface area contributed by atoms with Gasteiger partial charge in [0.1, 0.15) is 6.54 Å². The van der Waals surface area contributed by atoms with E-state index in [0.29, 0.717) is 0 Å². The molecule has 1 aromatic carbocycles. The van der Waals surface area contributed by atoms with Crippen molar-refractivity contribution in [2.45, 2.75) is 27.3 Å². The van der Waals surface area contributed by atoms with Gasteiger partial charge in [-0.15, -0.1) is 0 Å². The van der Waals surface area contributed by atoms with Gasteiger partial charge in [0.25, 0.3) is 0 Å². The summed E-state index contributed by atoms with van der Waals surface area (Å²) in [6.07, 6.45) is 1.80. The summed E-state index contributed by atoms with van der Waals surface area (Å²) in [6, 6.07) is 6.11. The Hall–Kier alpha value is -2.10. The van der Waals surface area contributed by atoms with Crippen LogP contribution in [0.5, 0.6) is 0 Å². The minimum Gasteiger partial charge on any atom is -0.480 e. The largest absolute Gasteiger partial charge is 0.480 e. The number of hydrogen-bond donors (Lipinski definition) is 1. The molecule has 4 heteroatoms. The van der Waals surface area contributed by atoms with Crippen molar-refractivity contribution in [1.29, 1.82) is 0 Å². The SMILES string of the molecule is Cc1cccc(-c2cn(CC(=O)O)nc2C)c1C. The Morgan fingerprint density at radius 3 is 2.67 bits per heavy atom. The second-order valence-corrected chi connectivity index (χ2v) is 4.47. The number of carboxylic acids is 1. The highest BCUT2D eigenvalue weighted by Gasteiger charge is 2.11. The lowest BCUT2D eigenvalue weighted by atomic mass is 9.98. The van der Waals surface area contributed by atoms with E-state index in [4.69, 9.17) is 5.11 Å². The minimum absolute atomic E-state index is 0.105. The van der Waals surface area contributed by atoms with Crippen LogP contribution in [-0.2, 0) is 11.3 Å². The highest BCUT2D eigenvalue weighted by Crippen LogP contribution is 2.27. The standard InChI is InChI=1S/C14H16N2O2/c1-9-5-4-6-12(10(9)2)13-7-16(8-14(17)18)15-11(13)3/h4-7H,8H2,1-3H3,(H,17,18). The Kier molecular flexibility index (Phi) is 3.19. The summed E-state index contributed by atoms with van der Waals surface area (Å²) in [5, 5.41) is 13.0. The number of carbonyl (C=O) groups is 1. The predicted molar refractivity (Wildman–Crippen MR) is 69.5 cm³/mol. The molecule has 0 saturated carbocycles. The van der Waals surface area contributed by atoms with Crippen molar-refractivity contribution in [2.75, 3.05) is 0 Å². The van der Waals surface area contributed by atoms with Crippen LogP contribution >= 0.6 is 0 Å². The minimum atomic E-state index is -0.884. The van der Waals surface area contributed by atoms with Crippen LogP contribution in [-0.4, -0.2) is 20.9 Å². The number of rotatable bonds is 3. The van der Waals surface area contributed by atoms with E-state index in [1.54, 1.807) is 6.20 Å². The number of carboxylic acid groups (broad SMARTS) is 1. The van der Waals surface area contributed by atoms with E-state index < -0.39 is 5.97 Å². The van der Waals surface area contributed by atoms with Gasteiger partial charge in [0, 0.05) is 11.8 Å². The Morgan fingerprint density at radius 2 is 2.00 bits per heavy atom. The Bertz CT molecular complexity index is 600. The van der Waals surface area contributed by atoms with Crippen molar-refractivity contribution in [3.05, 3.63) is 41.2 Å². The van der Waals surface area contributed by atoms with E-state index in [0.717, 1.165) is 16.8 Å². The number of nitrogens with zero attached hydrogens (tertiary/aromatic N) is 2. The fourth-order valence-corrected chi connectivity index (χ4v) is 2.04. The number of aromatic nitrogens is 2. The number of benzene rings is 1. The maximum absolute atomic E-state index is 10.7. The summed E-state index contributed by atoms with van der Waals surface area (Å²) in [5.74, 6) is -0.884. The lowest BCUT2D eigenvalue weighted by Crippen LogP contribution is -2.08. The second kappa shape index (κ2) is 4.64. The third-order valence-corrected chi connectivity index (χ3v) is 3.14. The maximum atomic E-state index is 10.7. The smallest absolute Gasteiger partial charge is 0.325 e. The first-order valence-electron chi connectivity index (χ1n) is 5.81. The van der Waals surface area contributed by atoms with Gasteiger partial charge in [0.05, 0.1) is 5.69 Å². The van der Waals surface area contributed by atoms with Crippen molar-refractivity contribution < 1.29 is 9.90 Å². The van der Waals surface area contributed by atoms with Crippen molar-refractivity contribution in [2.24, 2.45) is 0 Å². The third kappa shape index (κ3) is 2.27. The highest BCUT2D eigenvalue weighted by atomic mass is 16.4. The quantitative estimate of drug-likeness (QED) is 0.902. The molecular formula is C14H16N2O2. The molecule has 1 N–H and O–H groups in total. The maximum Gasteiger partial charge on any atom is 0.325 e. The molecule has 0 unspecified atom stereocenters. The molecule has 0 atom stereocenters. The van der Waals surface area contributed by atoms with Gasteiger partial charge in [-0.05, 0) is 37.5 Å². The van der Waals surface area contributed by atoms with Crippen LogP contribution in [0.2, 0.25) is 0 Å². The Morgan fingerprint density at radius 1 is 1.28 bits per heavy atom. The Balaban J connectivity index is 2.48. The summed E-state index contributed by atoms with van der Waals surface area (Å²) in [6.45, 7) is 5.93. The first-order valence-corrected chi connectivity index (χ1v) is 5.81. The molecule has 0 amide bonds. The number of aryl methyl sites for hydroxylation is 2. The first-order chi connectivity index (χ1) is 8.49. The van der Waals surface area contributed by atoms with E-state index >= 15 is 0 Å². The van der Waals surface area contributed by atoms with Crippen LogP contribution in [0.3, 0.4) is 0 Å². The van der Waals surface area contributed by atoms with Gasteiger partial charge < -0.3 is 5.11 Å². The number of hydrogen-bond acceptors (Lipinski definition) is 2. The van der Waals surface area contributed by atoms with Crippen LogP contribution in [0, 0.1) is 20.8 Å². The fraction of sp³-hybridized carbons (Fsp3) is 0.286. The summed E-state index contributed by atoms with van der Waals surface area (Å²) < 4.78 is 1.47. The molecule has 4 nitrogen and oxygen atoms in total. The molecule has 94 valence electrons. The average Bonchev–Trinajstić information content (AvgIpc) is 2.62. The number of aliphatic carboxylic acids is 1. The zero-order valence-corrected chi connectivity index (χ0v) is 10.8. The molecule has 2 aromatic rings. The highest BCUT2D eigenvalue weighted by molar-refractivity contribution is 5.71. The molecule has 0 spiro atoms. The van der Waals surface area contributed by atoms with E-state index in [1.807, 2.05) is 19.1 Å². The van der Waals surface area contributed by atoms with Crippen LogP contribution in [0.1, 0.15) is 16.8 Å². The molecule has 1 aromatic heterocycles. The topological polar surface area (TPSA) is 55.1 Å². The third-order valence-electron chi connectivity index (χ3n) is 3.14. The zero-order chi connectivity index (χ0) is 13.3. The molecule has 0 aliphatic carbocycles. The molecule has 0 saturated heterocycles. The summed E-state index contributed by atoms with van der Waals surface area (Å²) in [5.41, 5.74) is 5.39. The molecular weight excluding hydrogens is 228 g/mol. The first kappa shape index (κ1) is 12.4. The Labute approximate surface area is 106 Å². The van der Waals surface area contributed by atoms with Gasteiger partial charge in [-0.2, -0.15) is 5.10 Å². The van der Waals surface area contributed by atoms with Crippen molar-refractivity contribution >= 4 is 5.97 Å². The van der Waals surface area contributed by atoms with E-state index in [1.165, 1.54) is 15.8 Å². The monoisotopic (exact) mass is 244 g/mol. The van der Waals surface area contributed by atoms with Gasteiger partial charge in [0.2, 0.25) is 0 Å². The molecule has 0 radical (unpaired) electrons. The van der Waals surface area contributed by atoms with Gasteiger partial charge in [-0.1, -0.05) is 18.2 Å². The van der Waals surface area contributed by atoms with Gasteiger partial charge >= 0.3 is 5.97 Å². The average molecular weight is 244 g/mol. The fourth-order valence-electron chi connectivity index (χ4n) is 2.04. The van der Waals surface area contributed by atoms with E-state index in [9.17, 15) is 4.79 Å². The molecule has 0 aliphatic heterocycles. The van der Waals surface area contributed by atoms with Crippen LogP contribution < -0.4 is 0 Å². The molecule has 0 fully saturated rings. The molecule has 0 aliphatic rings. The van der Waals surface area contributed by atoms with Crippen molar-refractivity contribution in [1.82, 2.24) is 9.78 Å². The van der Waals surface area contributed by atoms with Crippen molar-refractivity contribution in [3.8, 4) is 11.1 Å². The zero-order valence-electron chi connectivity index (χ0n) is 10.8. The summed E-state index contributed by atoms with van der Waals surface area (Å²) in [7, 11) is 0. The summed E-state index contributed by atoms with van der Waals surface area (Å²) in [4.78, 5) is 10.7. The molecule has 2 rings (SSSR count). The van der Waals surface area contributed by atoms with Gasteiger partial charge in [-0.3, -0.25) is 9.48 Å². The normalized spacial score (nSPS) is 10.6. The molecule has 0 bridgehead atoms. The molecule has 1 heterocycles. The van der Waals surface area contributed by atoms with Crippen LogP contribution in [0.4, 0.5) is 0 Å². The van der Waals surface area contributed by atoms with Gasteiger partial charge in [-0.25, -0.2) is 0 Å².